The van der Waals surface area contributed by atoms with E-state index >= 15 is 0 Å². The summed E-state index contributed by atoms with van der Waals surface area (Å²) >= 11 is 3.43. The van der Waals surface area contributed by atoms with Gasteiger partial charge in [0, 0.05) is 11.0 Å². The Kier molecular flexibility index (Phi) is 5.22. The summed E-state index contributed by atoms with van der Waals surface area (Å²) in [6, 6.07) is 13.3. The molecular weight excluding hydrogens is 330 g/mol. The van der Waals surface area contributed by atoms with E-state index in [4.69, 9.17) is 5.73 Å². The summed E-state index contributed by atoms with van der Waals surface area (Å²) in [6.07, 6.45) is 0.774. The van der Waals surface area contributed by atoms with Crippen LogP contribution in [0.15, 0.2) is 46.9 Å². The molecule has 5 heteroatoms. The van der Waals surface area contributed by atoms with E-state index in [9.17, 15) is 4.79 Å². The van der Waals surface area contributed by atoms with Gasteiger partial charge in [-0.05, 0) is 48.7 Å². The minimum atomic E-state index is -0.249. The van der Waals surface area contributed by atoms with Crippen LogP contribution in [0.1, 0.15) is 11.1 Å². The van der Waals surface area contributed by atoms with Crippen LogP contribution in [-0.2, 0) is 6.42 Å². The number of hydrogen-bond acceptors (Lipinski definition) is 2. The van der Waals surface area contributed by atoms with Gasteiger partial charge in [0.05, 0.1) is 11.4 Å². The van der Waals surface area contributed by atoms with E-state index in [1.807, 2.05) is 43.3 Å². The Morgan fingerprint density at radius 2 is 2.05 bits per heavy atom. The molecule has 0 aromatic heterocycles. The van der Waals surface area contributed by atoms with Crippen molar-refractivity contribution in [3.05, 3.63) is 58.1 Å². The number of anilines is 2. The minimum absolute atomic E-state index is 0.249. The van der Waals surface area contributed by atoms with Crippen LogP contribution in [0.5, 0.6) is 0 Å². The van der Waals surface area contributed by atoms with Gasteiger partial charge in [-0.1, -0.05) is 34.1 Å². The summed E-state index contributed by atoms with van der Waals surface area (Å²) in [4.78, 5) is 11.8. The molecular formula is C16H18BrN3O. The normalized spacial score (nSPS) is 10.2. The molecule has 110 valence electrons. The van der Waals surface area contributed by atoms with Crippen LogP contribution in [0, 0.1) is 6.92 Å². The molecule has 0 saturated carbocycles. The van der Waals surface area contributed by atoms with Crippen molar-refractivity contribution < 1.29 is 4.79 Å². The first-order valence-corrected chi connectivity index (χ1v) is 7.49. The fourth-order valence-electron chi connectivity index (χ4n) is 1.98. The number of nitrogens with two attached hydrogens (primary N) is 1. The Balaban J connectivity index is 1.82. The number of urea groups is 1. The van der Waals surface area contributed by atoms with E-state index in [0.717, 1.165) is 16.5 Å². The van der Waals surface area contributed by atoms with Gasteiger partial charge in [-0.2, -0.15) is 0 Å². The third-order valence-electron chi connectivity index (χ3n) is 3.04. The quantitative estimate of drug-likeness (QED) is 0.738. The lowest BCUT2D eigenvalue weighted by Crippen LogP contribution is -2.30. The predicted molar refractivity (Wildman–Crippen MR) is 90.5 cm³/mol. The van der Waals surface area contributed by atoms with Crippen LogP contribution in [0.4, 0.5) is 16.2 Å². The number of carbonyl (C=O) groups excluding carboxylic acids is 1. The SMILES string of the molecule is Cc1ccc(NC(=O)NCCc2cccc(Br)c2)c(N)c1. The Hall–Kier alpha value is -2.01. The average Bonchev–Trinajstić information content (AvgIpc) is 2.42. The molecule has 0 atom stereocenters. The second-order valence-electron chi connectivity index (χ2n) is 4.85. The van der Waals surface area contributed by atoms with Crippen molar-refractivity contribution in [2.75, 3.05) is 17.6 Å². The highest BCUT2D eigenvalue weighted by molar-refractivity contribution is 9.10. The molecule has 0 bridgehead atoms. The van der Waals surface area contributed by atoms with Gasteiger partial charge < -0.3 is 16.4 Å². The summed E-state index contributed by atoms with van der Waals surface area (Å²) in [5.74, 6) is 0. The van der Waals surface area contributed by atoms with E-state index in [0.29, 0.717) is 17.9 Å². The van der Waals surface area contributed by atoms with Crippen LogP contribution in [0.2, 0.25) is 0 Å². The largest absolute Gasteiger partial charge is 0.397 e. The topological polar surface area (TPSA) is 67.2 Å². The molecule has 4 nitrogen and oxygen atoms in total. The summed E-state index contributed by atoms with van der Waals surface area (Å²) in [6.45, 7) is 2.52. The number of hydrogen-bond donors (Lipinski definition) is 3. The number of benzene rings is 2. The summed E-state index contributed by atoms with van der Waals surface area (Å²) in [5.41, 5.74) is 9.28. The molecule has 0 radical (unpaired) electrons. The van der Waals surface area contributed by atoms with E-state index in [2.05, 4.69) is 26.6 Å². The van der Waals surface area contributed by atoms with Gasteiger partial charge in [-0.25, -0.2) is 4.79 Å². The number of carbonyl (C=O) groups is 1. The molecule has 0 spiro atoms. The van der Waals surface area contributed by atoms with Crippen LogP contribution in [0.25, 0.3) is 0 Å². The van der Waals surface area contributed by atoms with E-state index in [-0.39, 0.29) is 6.03 Å². The van der Waals surface area contributed by atoms with Crippen molar-refractivity contribution in [1.82, 2.24) is 5.32 Å². The molecule has 4 N–H and O–H groups in total. The predicted octanol–water partition coefficient (Wildman–Crippen LogP) is 3.70. The Morgan fingerprint density at radius 3 is 2.76 bits per heavy atom. The maximum atomic E-state index is 11.8. The number of halogens is 1. The van der Waals surface area contributed by atoms with Gasteiger partial charge in [0.1, 0.15) is 0 Å². The third-order valence-corrected chi connectivity index (χ3v) is 3.54. The van der Waals surface area contributed by atoms with Gasteiger partial charge in [-0.15, -0.1) is 0 Å². The molecule has 0 saturated heterocycles. The fraction of sp³-hybridized carbons (Fsp3) is 0.188. The Bertz CT molecular complexity index is 643. The Labute approximate surface area is 132 Å². The standard InChI is InChI=1S/C16H18BrN3O/c1-11-5-6-15(14(18)9-11)20-16(21)19-8-7-12-3-2-4-13(17)10-12/h2-6,9-10H,7-8,18H2,1H3,(H2,19,20,21). The maximum absolute atomic E-state index is 11.8. The summed E-state index contributed by atoms with van der Waals surface area (Å²) in [7, 11) is 0. The zero-order chi connectivity index (χ0) is 15.2. The van der Waals surface area contributed by atoms with Crippen LogP contribution < -0.4 is 16.4 Å². The van der Waals surface area contributed by atoms with Crippen LogP contribution in [0.3, 0.4) is 0 Å². The number of nitrogen functional groups attached to an aromatic ring is 1. The highest BCUT2D eigenvalue weighted by Crippen LogP contribution is 2.19. The third kappa shape index (κ3) is 4.79. The molecule has 0 aliphatic rings. The number of amides is 2. The zero-order valence-corrected chi connectivity index (χ0v) is 13.4. The second-order valence-corrected chi connectivity index (χ2v) is 5.77. The summed E-state index contributed by atoms with van der Waals surface area (Å²) < 4.78 is 1.04. The second kappa shape index (κ2) is 7.13. The number of nitrogens with one attached hydrogen (secondary N) is 2. The lowest BCUT2D eigenvalue weighted by atomic mass is 10.1. The van der Waals surface area contributed by atoms with Gasteiger partial charge in [-0.3, -0.25) is 0 Å². The minimum Gasteiger partial charge on any atom is -0.397 e. The maximum Gasteiger partial charge on any atom is 0.319 e. The van der Waals surface area contributed by atoms with Gasteiger partial charge in [0.2, 0.25) is 0 Å². The molecule has 0 heterocycles. The molecule has 0 aliphatic heterocycles. The van der Waals surface area contributed by atoms with Crippen molar-refractivity contribution in [3.8, 4) is 0 Å². The highest BCUT2D eigenvalue weighted by atomic mass is 79.9. The molecule has 0 fully saturated rings. The monoisotopic (exact) mass is 347 g/mol. The molecule has 21 heavy (non-hydrogen) atoms. The van der Waals surface area contributed by atoms with E-state index in [1.165, 1.54) is 5.56 Å². The lowest BCUT2D eigenvalue weighted by Gasteiger charge is -2.10. The average molecular weight is 348 g/mol. The van der Waals surface area contributed by atoms with Crippen molar-refractivity contribution >= 4 is 33.3 Å². The van der Waals surface area contributed by atoms with Gasteiger partial charge in [0.15, 0.2) is 0 Å². The van der Waals surface area contributed by atoms with E-state index in [1.54, 1.807) is 6.07 Å². The fourth-order valence-corrected chi connectivity index (χ4v) is 2.42. The molecule has 2 aromatic rings. The smallest absolute Gasteiger partial charge is 0.319 e. The Morgan fingerprint density at radius 1 is 1.24 bits per heavy atom. The molecule has 0 unspecified atom stereocenters. The molecule has 0 aliphatic carbocycles. The van der Waals surface area contributed by atoms with Crippen molar-refractivity contribution in [3.63, 3.8) is 0 Å². The van der Waals surface area contributed by atoms with Gasteiger partial charge in [0.25, 0.3) is 0 Å². The highest BCUT2D eigenvalue weighted by Gasteiger charge is 2.04. The van der Waals surface area contributed by atoms with Crippen molar-refractivity contribution in [2.45, 2.75) is 13.3 Å². The number of rotatable bonds is 4. The van der Waals surface area contributed by atoms with Crippen molar-refractivity contribution in [2.24, 2.45) is 0 Å². The zero-order valence-electron chi connectivity index (χ0n) is 11.8. The lowest BCUT2D eigenvalue weighted by molar-refractivity contribution is 0.252. The summed E-state index contributed by atoms with van der Waals surface area (Å²) in [5, 5.41) is 5.57. The van der Waals surface area contributed by atoms with E-state index < -0.39 is 0 Å². The number of aryl methyl sites for hydroxylation is 1. The van der Waals surface area contributed by atoms with Crippen LogP contribution in [-0.4, -0.2) is 12.6 Å². The first-order chi connectivity index (χ1) is 10.0. The van der Waals surface area contributed by atoms with Crippen molar-refractivity contribution in [1.29, 1.82) is 0 Å². The molecule has 2 rings (SSSR count). The first-order valence-electron chi connectivity index (χ1n) is 6.70. The molecule has 2 aromatic carbocycles. The molecule has 2 amide bonds. The van der Waals surface area contributed by atoms with Gasteiger partial charge >= 0.3 is 6.03 Å². The first kappa shape index (κ1) is 15.4. The van der Waals surface area contributed by atoms with Crippen LogP contribution >= 0.6 is 15.9 Å².